The molecule has 3 aromatic rings. The van der Waals surface area contributed by atoms with Crippen LogP contribution in [0.3, 0.4) is 0 Å². The highest BCUT2D eigenvalue weighted by Gasteiger charge is 2.27. The van der Waals surface area contributed by atoms with Crippen LogP contribution in [-0.4, -0.2) is 23.6 Å². The summed E-state index contributed by atoms with van der Waals surface area (Å²) in [4.78, 5) is 13.9. The second-order valence-electron chi connectivity index (χ2n) is 7.90. The first kappa shape index (κ1) is 22.7. The number of carbonyl (C=O) groups is 1. The predicted octanol–water partition coefficient (Wildman–Crippen LogP) is 4.10. The van der Waals surface area contributed by atoms with Gasteiger partial charge in [-0.1, -0.05) is 12.1 Å². The molecule has 2 atom stereocenters. The maximum atomic E-state index is 13.6. The minimum Gasteiger partial charge on any atom is -0.497 e. The Kier molecular flexibility index (Phi) is 6.58. The third-order valence-electron chi connectivity index (χ3n) is 5.70. The van der Waals surface area contributed by atoms with Gasteiger partial charge in [-0.15, -0.1) is 0 Å². The van der Waals surface area contributed by atoms with Crippen molar-refractivity contribution >= 4 is 22.5 Å². The Bertz CT molecular complexity index is 1260. The van der Waals surface area contributed by atoms with Crippen molar-refractivity contribution in [2.45, 2.75) is 30.2 Å². The molecule has 0 saturated carbocycles. The van der Waals surface area contributed by atoms with Crippen molar-refractivity contribution in [1.29, 1.82) is 10.0 Å². The number of carbonyl (C=O) groups excluding carboxylic acids is 1. The first-order valence-electron chi connectivity index (χ1n) is 10.4. The predicted molar refractivity (Wildman–Crippen MR) is 125 cm³/mol. The lowest BCUT2D eigenvalue weighted by Crippen LogP contribution is -2.31. The van der Waals surface area contributed by atoms with Gasteiger partial charge in [-0.2, -0.15) is 5.26 Å². The van der Waals surface area contributed by atoms with E-state index in [0.29, 0.717) is 17.8 Å². The molecule has 4 rings (SSSR count). The Balaban J connectivity index is 1.53. The van der Waals surface area contributed by atoms with Crippen LogP contribution in [0.4, 0.5) is 10.1 Å². The van der Waals surface area contributed by atoms with E-state index in [4.69, 9.17) is 14.8 Å². The molecule has 33 heavy (non-hydrogen) atoms. The van der Waals surface area contributed by atoms with Gasteiger partial charge in [0.15, 0.2) is 0 Å². The summed E-state index contributed by atoms with van der Waals surface area (Å²) >= 11 is 0. The second kappa shape index (κ2) is 9.57. The number of nitrogens with zero attached hydrogens (tertiary/aromatic N) is 2. The number of methoxy groups -OCH3 is 1. The first-order valence-corrected chi connectivity index (χ1v) is 11.7. The molecule has 2 unspecified atom stereocenters. The van der Waals surface area contributed by atoms with Crippen molar-refractivity contribution < 1.29 is 13.9 Å². The quantitative estimate of drug-likeness (QED) is 0.528. The Morgan fingerprint density at radius 2 is 2.12 bits per heavy atom. The zero-order valence-corrected chi connectivity index (χ0v) is 19.1. The van der Waals surface area contributed by atoms with Gasteiger partial charge in [0.1, 0.15) is 23.3 Å². The summed E-state index contributed by atoms with van der Waals surface area (Å²) < 4.78 is 32.6. The summed E-state index contributed by atoms with van der Waals surface area (Å²) in [6.45, 7) is 0. The molecule has 7 nitrogen and oxygen atoms in total. The van der Waals surface area contributed by atoms with Crippen LogP contribution in [0, 0.1) is 21.9 Å². The van der Waals surface area contributed by atoms with Crippen molar-refractivity contribution in [3.8, 4) is 11.8 Å². The van der Waals surface area contributed by atoms with Gasteiger partial charge >= 0.3 is 0 Å². The number of aryl methyl sites for hydroxylation is 1. The molecule has 0 saturated heterocycles. The molecule has 0 radical (unpaired) electrons. The van der Waals surface area contributed by atoms with Crippen LogP contribution in [0.2, 0.25) is 0 Å². The van der Waals surface area contributed by atoms with Crippen LogP contribution < -0.4 is 14.8 Å². The zero-order valence-electron chi connectivity index (χ0n) is 18.3. The van der Waals surface area contributed by atoms with Gasteiger partial charge in [0, 0.05) is 25.0 Å². The molecule has 1 aliphatic heterocycles. The van der Waals surface area contributed by atoms with Gasteiger partial charge in [0.25, 0.3) is 5.91 Å². The van der Waals surface area contributed by atoms with Crippen LogP contribution >= 0.6 is 0 Å². The summed E-state index contributed by atoms with van der Waals surface area (Å²) in [6, 6.07) is 13.7. The maximum absolute atomic E-state index is 13.6. The van der Waals surface area contributed by atoms with Crippen molar-refractivity contribution in [2.24, 2.45) is 7.05 Å². The van der Waals surface area contributed by atoms with Crippen molar-refractivity contribution in [1.82, 2.24) is 9.29 Å². The Labute approximate surface area is 194 Å². The highest BCUT2D eigenvalue weighted by molar-refractivity contribution is 7.84. The average molecular weight is 466 g/mol. The number of rotatable bonds is 5. The SMILES string of the molecule is COc1ccc(CC2CCc3c(cn(C)c3C(=O)Nc3ccc(F)c(C#N)c3)S(=N)N2)cc1. The van der Waals surface area contributed by atoms with Gasteiger partial charge < -0.3 is 14.6 Å². The fourth-order valence-electron chi connectivity index (χ4n) is 4.04. The fraction of sp³-hybridized carbons (Fsp3) is 0.250. The van der Waals surface area contributed by atoms with Crippen LogP contribution in [-0.2, 0) is 30.8 Å². The van der Waals surface area contributed by atoms with Crippen LogP contribution in [0.25, 0.3) is 0 Å². The molecule has 170 valence electrons. The van der Waals surface area contributed by atoms with Gasteiger partial charge in [0.2, 0.25) is 0 Å². The molecule has 0 fully saturated rings. The third-order valence-corrected chi connectivity index (χ3v) is 7.06. The number of amides is 1. The molecule has 2 aromatic carbocycles. The molecule has 9 heteroatoms. The largest absolute Gasteiger partial charge is 0.497 e. The molecule has 0 aliphatic carbocycles. The van der Waals surface area contributed by atoms with Crippen molar-refractivity contribution in [3.05, 3.63) is 76.9 Å². The van der Waals surface area contributed by atoms with E-state index in [9.17, 15) is 9.18 Å². The molecule has 1 aromatic heterocycles. The molecule has 3 N–H and O–H groups in total. The normalized spacial score (nSPS) is 17.5. The molecule has 2 heterocycles. The standard InChI is InChI=1S/C24H24FN5O2S/c1-30-14-22-20(23(30)24(31)28-17-6-10-21(25)16(12-17)13-26)9-5-18(29-33(22)27)11-15-3-7-19(32-2)8-4-15/h3-4,6-8,10,12,14,18H,5,9,11H2,1-2H3,(H2,27,29)(H,28,31). The van der Waals surface area contributed by atoms with Gasteiger partial charge in [-0.3, -0.25) is 9.57 Å². The summed E-state index contributed by atoms with van der Waals surface area (Å²) in [5.41, 5.74) is 2.70. The van der Waals surface area contributed by atoms with E-state index in [1.807, 2.05) is 30.5 Å². The molecule has 0 spiro atoms. The highest BCUT2D eigenvalue weighted by atomic mass is 32.2. The molecule has 0 bridgehead atoms. The van der Waals surface area contributed by atoms with Gasteiger partial charge in [0.05, 0.1) is 17.6 Å². The monoisotopic (exact) mass is 465 g/mol. The lowest BCUT2D eigenvalue weighted by molar-refractivity contribution is 0.101. The third kappa shape index (κ3) is 4.82. The van der Waals surface area contributed by atoms with E-state index < -0.39 is 16.7 Å². The summed E-state index contributed by atoms with van der Waals surface area (Å²) in [7, 11) is 2.44. The number of halogens is 1. The number of benzene rings is 2. The van der Waals surface area contributed by atoms with Crippen molar-refractivity contribution in [3.63, 3.8) is 0 Å². The summed E-state index contributed by atoms with van der Waals surface area (Å²) in [5.74, 6) is -0.172. The zero-order chi connectivity index (χ0) is 23.5. The Hall–Kier alpha value is -3.48. The minimum absolute atomic E-state index is 0.100. The summed E-state index contributed by atoms with van der Waals surface area (Å²) in [5, 5.41) is 11.8. The molecule has 1 aliphatic rings. The average Bonchev–Trinajstić information content (AvgIpc) is 3.07. The lowest BCUT2D eigenvalue weighted by atomic mass is 9.99. The maximum Gasteiger partial charge on any atom is 0.272 e. The number of fused-ring (bicyclic) bond motifs is 1. The molecular weight excluding hydrogens is 441 g/mol. The minimum atomic E-state index is -0.971. The fourth-order valence-corrected chi connectivity index (χ4v) is 5.41. The lowest BCUT2D eigenvalue weighted by Gasteiger charge is -2.17. The van der Waals surface area contributed by atoms with Crippen molar-refractivity contribution in [2.75, 3.05) is 12.4 Å². The van der Waals surface area contributed by atoms with E-state index in [-0.39, 0.29) is 17.5 Å². The van der Waals surface area contributed by atoms with E-state index >= 15 is 0 Å². The van der Waals surface area contributed by atoms with E-state index in [0.717, 1.165) is 40.7 Å². The summed E-state index contributed by atoms with van der Waals surface area (Å²) in [6.07, 6.45) is 4.04. The number of hydrogen-bond donors (Lipinski definition) is 3. The first-order chi connectivity index (χ1) is 15.9. The smallest absolute Gasteiger partial charge is 0.272 e. The molecule has 1 amide bonds. The van der Waals surface area contributed by atoms with Gasteiger partial charge in [-0.25, -0.2) is 9.11 Å². The second-order valence-corrected chi connectivity index (χ2v) is 9.19. The van der Waals surface area contributed by atoms with Crippen LogP contribution in [0.5, 0.6) is 5.75 Å². The number of ether oxygens (including phenoxy) is 1. The van der Waals surface area contributed by atoms with E-state index in [1.54, 1.807) is 24.8 Å². The topological polar surface area (TPSA) is 103 Å². The van der Waals surface area contributed by atoms with Gasteiger partial charge in [-0.05, 0) is 71.6 Å². The van der Waals surface area contributed by atoms with E-state index in [1.165, 1.54) is 12.1 Å². The molecular formula is C24H24FN5O2S. The number of aromatic nitrogens is 1. The highest BCUT2D eigenvalue weighted by Crippen LogP contribution is 2.28. The number of anilines is 1. The van der Waals surface area contributed by atoms with Crippen LogP contribution in [0.15, 0.2) is 53.6 Å². The number of nitriles is 1. The van der Waals surface area contributed by atoms with E-state index in [2.05, 4.69) is 10.0 Å². The van der Waals surface area contributed by atoms with Crippen LogP contribution in [0.1, 0.15) is 33.6 Å². The number of hydrogen-bond acceptors (Lipinski definition) is 4. The number of nitrogens with one attached hydrogen (secondary N) is 3. The Morgan fingerprint density at radius 1 is 1.36 bits per heavy atom. The Morgan fingerprint density at radius 3 is 2.82 bits per heavy atom.